The fraction of sp³-hybridized carbons (Fsp3) is 0.136. The Bertz CT molecular complexity index is 1190. The number of amidine groups is 1. The van der Waals surface area contributed by atoms with Crippen molar-refractivity contribution in [2.75, 3.05) is 0 Å². The Labute approximate surface area is 167 Å². The largest absolute Gasteiger partial charge is 0.366 e. The van der Waals surface area contributed by atoms with Crippen LogP contribution in [0.5, 0.6) is 0 Å². The van der Waals surface area contributed by atoms with Gasteiger partial charge in [-0.05, 0) is 30.2 Å². The van der Waals surface area contributed by atoms with Gasteiger partial charge in [0.1, 0.15) is 5.84 Å². The number of nitrogens with one attached hydrogen (secondary N) is 2. The first kappa shape index (κ1) is 17.2. The van der Waals surface area contributed by atoms with Crippen LogP contribution in [0.2, 0.25) is 0 Å². The lowest BCUT2D eigenvalue weighted by molar-refractivity contribution is 0.100. The third-order valence-corrected chi connectivity index (χ3v) is 5.18. The smallest absolute Gasteiger partial charge is 0.250 e. The molecule has 4 N–H and O–H groups in total. The molecule has 0 saturated heterocycles. The molecule has 144 valence electrons. The van der Waals surface area contributed by atoms with E-state index in [1.54, 1.807) is 18.3 Å². The zero-order valence-electron chi connectivity index (χ0n) is 15.7. The number of allylic oxidation sites excluding steroid dienone is 2. The molecule has 7 heteroatoms. The number of amides is 1. The SMILES string of the molecule is NC(=O)c1cccn2c(C3N=C(NCc4ccccc4)C4=C(C=CC4)N3)ncc12. The first-order valence-corrected chi connectivity index (χ1v) is 9.48. The summed E-state index contributed by atoms with van der Waals surface area (Å²) in [5, 5.41) is 6.93. The molecule has 7 nitrogen and oxygen atoms in total. The maximum absolute atomic E-state index is 11.7. The summed E-state index contributed by atoms with van der Waals surface area (Å²) in [4.78, 5) is 21.2. The number of primary amides is 1. The van der Waals surface area contributed by atoms with E-state index in [0.717, 1.165) is 23.5 Å². The molecule has 3 aromatic rings. The van der Waals surface area contributed by atoms with E-state index in [0.29, 0.717) is 23.4 Å². The Hall–Kier alpha value is -3.87. The molecular formula is C22H20N6O. The van der Waals surface area contributed by atoms with Gasteiger partial charge in [0, 0.05) is 24.0 Å². The summed E-state index contributed by atoms with van der Waals surface area (Å²) in [5.41, 5.74) is 10.0. The van der Waals surface area contributed by atoms with Gasteiger partial charge < -0.3 is 16.4 Å². The van der Waals surface area contributed by atoms with Crippen LogP contribution in [0.3, 0.4) is 0 Å². The van der Waals surface area contributed by atoms with Crippen LogP contribution in [0.4, 0.5) is 0 Å². The zero-order chi connectivity index (χ0) is 19.8. The average molecular weight is 384 g/mol. The van der Waals surface area contributed by atoms with Crippen LogP contribution < -0.4 is 16.4 Å². The highest BCUT2D eigenvalue weighted by molar-refractivity contribution is 6.01. The van der Waals surface area contributed by atoms with Crippen molar-refractivity contribution in [3.05, 3.63) is 95.2 Å². The molecule has 2 aliphatic rings. The second kappa shape index (κ2) is 6.94. The maximum atomic E-state index is 11.7. The van der Waals surface area contributed by atoms with E-state index >= 15 is 0 Å². The number of hydrogen-bond donors (Lipinski definition) is 3. The second-order valence-corrected chi connectivity index (χ2v) is 7.02. The molecule has 5 rings (SSSR count). The predicted octanol–water partition coefficient (Wildman–Crippen LogP) is 2.44. The minimum absolute atomic E-state index is 0.375. The molecule has 1 unspecified atom stereocenters. The van der Waals surface area contributed by atoms with Gasteiger partial charge in [0.25, 0.3) is 5.91 Å². The maximum Gasteiger partial charge on any atom is 0.250 e. The van der Waals surface area contributed by atoms with Crippen molar-refractivity contribution in [2.45, 2.75) is 19.1 Å². The van der Waals surface area contributed by atoms with Gasteiger partial charge in [-0.25, -0.2) is 9.98 Å². The van der Waals surface area contributed by atoms with Crippen LogP contribution in [0.15, 0.2) is 83.3 Å². The van der Waals surface area contributed by atoms with E-state index in [4.69, 9.17) is 10.7 Å². The lowest BCUT2D eigenvalue weighted by atomic mass is 10.1. The van der Waals surface area contributed by atoms with Gasteiger partial charge in [0.05, 0.1) is 17.3 Å². The summed E-state index contributed by atoms with van der Waals surface area (Å²) in [5.74, 6) is 1.09. The molecule has 0 spiro atoms. The van der Waals surface area contributed by atoms with Crippen LogP contribution in [0.25, 0.3) is 5.52 Å². The van der Waals surface area contributed by atoms with Gasteiger partial charge in [0.15, 0.2) is 12.0 Å². The molecule has 0 bridgehead atoms. The highest BCUT2D eigenvalue weighted by Gasteiger charge is 2.27. The monoisotopic (exact) mass is 384 g/mol. The van der Waals surface area contributed by atoms with E-state index in [-0.39, 0.29) is 6.17 Å². The molecule has 1 amide bonds. The van der Waals surface area contributed by atoms with E-state index in [2.05, 4.69) is 39.9 Å². The summed E-state index contributed by atoms with van der Waals surface area (Å²) in [6.45, 7) is 0.692. The van der Waals surface area contributed by atoms with Gasteiger partial charge in [-0.3, -0.25) is 9.20 Å². The highest BCUT2D eigenvalue weighted by Crippen LogP contribution is 2.28. The van der Waals surface area contributed by atoms with Gasteiger partial charge in [-0.15, -0.1) is 0 Å². The number of rotatable bonds is 4. The summed E-state index contributed by atoms with van der Waals surface area (Å²) >= 11 is 0. The number of carbonyl (C=O) groups excluding carboxylic acids is 1. The number of aliphatic imine (C=N–C) groups is 1. The normalized spacial score (nSPS) is 17.8. The molecule has 1 aliphatic carbocycles. The van der Waals surface area contributed by atoms with Gasteiger partial charge in [-0.1, -0.05) is 36.4 Å². The van der Waals surface area contributed by atoms with Crippen molar-refractivity contribution in [2.24, 2.45) is 10.7 Å². The summed E-state index contributed by atoms with van der Waals surface area (Å²) in [6, 6.07) is 13.7. The standard InChI is InChI=1S/C22H20N6O/c23-19(29)16-9-5-11-28-18(16)13-25-22(28)21-26-17-10-4-8-15(17)20(27-21)24-12-14-6-2-1-3-7-14/h1-7,9-11,13,21,26H,8,12H2,(H2,23,29)(H,24,27). The molecule has 1 aromatic carbocycles. The number of aromatic nitrogens is 2. The topological polar surface area (TPSA) is 96.8 Å². The van der Waals surface area contributed by atoms with Crippen LogP contribution in [0, 0.1) is 0 Å². The molecule has 1 aliphatic heterocycles. The van der Waals surface area contributed by atoms with Crippen molar-refractivity contribution >= 4 is 17.3 Å². The minimum Gasteiger partial charge on any atom is -0.366 e. The molecule has 29 heavy (non-hydrogen) atoms. The fourth-order valence-corrected chi connectivity index (χ4v) is 3.76. The van der Waals surface area contributed by atoms with Gasteiger partial charge in [-0.2, -0.15) is 0 Å². The molecule has 0 fully saturated rings. The molecule has 1 atom stereocenters. The van der Waals surface area contributed by atoms with Crippen LogP contribution in [0.1, 0.15) is 34.3 Å². The molecule has 0 radical (unpaired) electrons. The van der Waals surface area contributed by atoms with Gasteiger partial charge >= 0.3 is 0 Å². The third kappa shape index (κ3) is 3.06. The number of nitrogens with two attached hydrogens (primary N) is 1. The Morgan fingerprint density at radius 3 is 2.93 bits per heavy atom. The molecule has 3 heterocycles. The highest BCUT2D eigenvalue weighted by atomic mass is 16.1. The van der Waals surface area contributed by atoms with E-state index in [1.165, 1.54) is 5.56 Å². The number of hydrogen-bond acceptors (Lipinski definition) is 5. The third-order valence-electron chi connectivity index (χ3n) is 5.18. The number of benzene rings is 1. The van der Waals surface area contributed by atoms with Crippen LogP contribution in [-0.4, -0.2) is 21.1 Å². The molecule has 0 saturated carbocycles. The Morgan fingerprint density at radius 2 is 2.10 bits per heavy atom. The Morgan fingerprint density at radius 1 is 1.24 bits per heavy atom. The number of imidazole rings is 1. The minimum atomic E-state index is -0.476. The summed E-state index contributed by atoms with van der Waals surface area (Å²) in [6.07, 6.45) is 8.19. The summed E-state index contributed by atoms with van der Waals surface area (Å²) < 4.78 is 1.86. The first-order chi connectivity index (χ1) is 14.2. The number of fused-ring (bicyclic) bond motifs is 1. The van der Waals surface area contributed by atoms with Gasteiger partial charge in [0.2, 0.25) is 0 Å². The number of nitrogens with zero attached hydrogens (tertiary/aromatic N) is 3. The predicted molar refractivity (Wildman–Crippen MR) is 111 cm³/mol. The number of pyridine rings is 1. The quantitative estimate of drug-likeness (QED) is 0.644. The molecular weight excluding hydrogens is 364 g/mol. The average Bonchev–Trinajstić information content (AvgIpc) is 3.39. The Kier molecular flexibility index (Phi) is 4.13. The first-order valence-electron chi connectivity index (χ1n) is 9.48. The summed E-state index contributed by atoms with van der Waals surface area (Å²) in [7, 11) is 0. The molecule has 2 aromatic heterocycles. The lowest BCUT2D eigenvalue weighted by Crippen LogP contribution is -2.34. The van der Waals surface area contributed by atoms with Crippen LogP contribution >= 0.6 is 0 Å². The fourth-order valence-electron chi connectivity index (χ4n) is 3.76. The van der Waals surface area contributed by atoms with Crippen molar-refractivity contribution in [1.82, 2.24) is 20.0 Å². The van der Waals surface area contributed by atoms with E-state index in [1.807, 2.05) is 28.8 Å². The lowest BCUT2D eigenvalue weighted by Gasteiger charge is -2.25. The van der Waals surface area contributed by atoms with Crippen molar-refractivity contribution in [3.8, 4) is 0 Å². The Balaban J connectivity index is 1.50. The second-order valence-electron chi connectivity index (χ2n) is 7.02. The zero-order valence-corrected chi connectivity index (χ0v) is 15.7. The number of carbonyl (C=O) groups is 1. The van der Waals surface area contributed by atoms with E-state index < -0.39 is 5.91 Å². The van der Waals surface area contributed by atoms with E-state index in [9.17, 15) is 4.79 Å². The van der Waals surface area contributed by atoms with Crippen molar-refractivity contribution < 1.29 is 4.79 Å². The van der Waals surface area contributed by atoms with Crippen molar-refractivity contribution in [1.29, 1.82) is 0 Å². The van der Waals surface area contributed by atoms with Crippen LogP contribution in [-0.2, 0) is 6.54 Å². The van der Waals surface area contributed by atoms with Crippen molar-refractivity contribution in [3.63, 3.8) is 0 Å².